The van der Waals surface area contributed by atoms with E-state index in [1.54, 1.807) is 24.3 Å². The summed E-state index contributed by atoms with van der Waals surface area (Å²) >= 11 is 0. The van der Waals surface area contributed by atoms with Crippen LogP contribution in [0.25, 0.3) is 5.76 Å². The Labute approximate surface area is 141 Å². The highest BCUT2D eigenvalue weighted by atomic mass is 16.6. The predicted octanol–water partition coefficient (Wildman–Crippen LogP) is 2.95. The lowest BCUT2D eigenvalue weighted by Crippen LogP contribution is -2.10. The molecule has 0 atom stereocenters. The smallest absolute Gasteiger partial charge is 0.343 e. The first-order valence-electron chi connectivity index (χ1n) is 7.26. The van der Waals surface area contributed by atoms with Crippen molar-refractivity contribution in [2.24, 2.45) is 0 Å². The molecule has 25 heavy (non-hydrogen) atoms. The van der Waals surface area contributed by atoms with Crippen LogP contribution in [0.1, 0.15) is 33.2 Å². The number of nitro benzene ring substituents is 1. The largest absolute Gasteiger partial charge is 0.421 e. The number of non-ortho nitro benzene ring substituents is 1. The van der Waals surface area contributed by atoms with Gasteiger partial charge in [-0.3, -0.25) is 19.7 Å². The van der Waals surface area contributed by atoms with Gasteiger partial charge in [0.2, 0.25) is 5.78 Å². The van der Waals surface area contributed by atoms with Crippen LogP contribution >= 0.6 is 0 Å². The van der Waals surface area contributed by atoms with Crippen molar-refractivity contribution in [3.05, 3.63) is 80.9 Å². The van der Waals surface area contributed by atoms with Crippen molar-refractivity contribution in [2.75, 3.05) is 0 Å². The molecule has 7 heteroatoms. The van der Waals surface area contributed by atoms with E-state index in [2.05, 4.69) is 0 Å². The number of nitrogens with zero attached hydrogens (tertiary/aromatic N) is 1. The highest BCUT2D eigenvalue weighted by Gasteiger charge is 2.34. The van der Waals surface area contributed by atoms with Crippen LogP contribution in [-0.2, 0) is 9.53 Å². The van der Waals surface area contributed by atoms with Crippen LogP contribution in [0.15, 0.2) is 54.1 Å². The molecule has 0 radical (unpaired) electrons. The molecular formula is C18H11NO6. The number of hydrogen-bond acceptors (Lipinski definition) is 6. The first kappa shape index (κ1) is 16.3. The second kappa shape index (κ2) is 6.12. The second-order valence-electron chi connectivity index (χ2n) is 5.33. The highest BCUT2D eigenvalue weighted by molar-refractivity contribution is 6.34. The number of benzene rings is 2. The summed E-state index contributed by atoms with van der Waals surface area (Å²) in [5, 5.41) is 10.7. The summed E-state index contributed by atoms with van der Waals surface area (Å²) in [7, 11) is 0. The summed E-state index contributed by atoms with van der Waals surface area (Å²) in [5.41, 5.74) is 0.378. The van der Waals surface area contributed by atoms with Gasteiger partial charge in [-0.25, -0.2) is 4.79 Å². The zero-order valence-electron chi connectivity index (χ0n) is 13.0. The van der Waals surface area contributed by atoms with Crippen molar-refractivity contribution >= 4 is 29.0 Å². The minimum absolute atomic E-state index is 0.0674. The van der Waals surface area contributed by atoms with Gasteiger partial charge in [0.15, 0.2) is 11.5 Å². The molecule has 124 valence electrons. The topological polar surface area (TPSA) is 104 Å². The Hall–Kier alpha value is -3.61. The highest BCUT2D eigenvalue weighted by Crippen LogP contribution is 2.34. The number of carbonyl (C=O) groups excluding carboxylic acids is 3. The second-order valence-corrected chi connectivity index (χ2v) is 5.33. The van der Waals surface area contributed by atoms with Gasteiger partial charge in [0, 0.05) is 23.3 Å². The summed E-state index contributed by atoms with van der Waals surface area (Å²) in [6.07, 6.45) is 0. The molecule has 0 aliphatic heterocycles. The molecule has 0 unspecified atom stereocenters. The van der Waals surface area contributed by atoms with Gasteiger partial charge in [-0.15, -0.1) is 0 Å². The molecule has 2 aromatic carbocycles. The van der Waals surface area contributed by atoms with Crippen molar-refractivity contribution in [1.82, 2.24) is 0 Å². The molecular weight excluding hydrogens is 326 g/mol. The number of rotatable bonds is 4. The van der Waals surface area contributed by atoms with E-state index >= 15 is 0 Å². The Morgan fingerprint density at radius 1 is 1.00 bits per heavy atom. The van der Waals surface area contributed by atoms with Crippen LogP contribution in [0.5, 0.6) is 0 Å². The summed E-state index contributed by atoms with van der Waals surface area (Å²) < 4.78 is 5.30. The maximum atomic E-state index is 12.3. The number of allylic oxidation sites excluding steroid dienone is 1. The Kier molecular flexibility index (Phi) is 3.98. The van der Waals surface area contributed by atoms with Gasteiger partial charge < -0.3 is 4.74 Å². The summed E-state index contributed by atoms with van der Waals surface area (Å²) in [4.78, 5) is 46.6. The molecule has 0 fully saturated rings. The van der Waals surface area contributed by atoms with Gasteiger partial charge in [-0.05, 0) is 19.1 Å². The average Bonchev–Trinajstić information content (AvgIpc) is 2.87. The van der Waals surface area contributed by atoms with Crippen molar-refractivity contribution in [1.29, 1.82) is 0 Å². The maximum Gasteiger partial charge on any atom is 0.343 e. The zero-order valence-corrected chi connectivity index (χ0v) is 13.0. The SMILES string of the molecule is CC(=O)C1=C(OC(=O)c2ccc([N+](=O)[O-])cc2)c2ccccc2C1=O. The van der Waals surface area contributed by atoms with Crippen LogP contribution in [0.2, 0.25) is 0 Å². The van der Waals surface area contributed by atoms with Crippen molar-refractivity contribution in [3.63, 3.8) is 0 Å². The third-order valence-electron chi connectivity index (χ3n) is 3.73. The molecule has 0 bridgehead atoms. The lowest BCUT2D eigenvalue weighted by molar-refractivity contribution is -0.384. The Morgan fingerprint density at radius 2 is 1.60 bits per heavy atom. The van der Waals surface area contributed by atoms with Crippen LogP contribution in [0, 0.1) is 10.1 Å². The summed E-state index contributed by atoms with van der Waals surface area (Å²) in [6, 6.07) is 11.3. The van der Waals surface area contributed by atoms with Crippen molar-refractivity contribution in [3.8, 4) is 0 Å². The number of ketones is 2. The summed E-state index contributed by atoms with van der Waals surface area (Å²) in [5.74, 6) is -1.90. The first-order valence-corrected chi connectivity index (χ1v) is 7.26. The van der Waals surface area contributed by atoms with Gasteiger partial charge in [-0.1, -0.05) is 24.3 Å². The van der Waals surface area contributed by atoms with E-state index in [-0.39, 0.29) is 22.6 Å². The fourth-order valence-electron chi connectivity index (χ4n) is 2.55. The lowest BCUT2D eigenvalue weighted by atomic mass is 10.1. The molecule has 1 aliphatic carbocycles. The molecule has 0 spiro atoms. The first-order chi connectivity index (χ1) is 11.9. The fourth-order valence-corrected chi connectivity index (χ4v) is 2.55. The van der Waals surface area contributed by atoms with Crippen molar-refractivity contribution < 1.29 is 24.0 Å². The molecule has 2 aromatic rings. The van der Waals surface area contributed by atoms with E-state index in [1.165, 1.54) is 31.2 Å². The maximum absolute atomic E-state index is 12.3. The van der Waals surface area contributed by atoms with Gasteiger partial charge in [-0.2, -0.15) is 0 Å². The molecule has 0 aromatic heterocycles. The third kappa shape index (κ3) is 2.83. The number of fused-ring (bicyclic) bond motifs is 1. The van der Waals surface area contributed by atoms with Crippen LogP contribution in [0.3, 0.4) is 0 Å². The lowest BCUT2D eigenvalue weighted by Gasteiger charge is -2.08. The molecule has 1 aliphatic rings. The van der Waals surface area contributed by atoms with Crippen LogP contribution in [0.4, 0.5) is 5.69 Å². The molecule has 3 rings (SSSR count). The molecule has 7 nitrogen and oxygen atoms in total. The minimum Gasteiger partial charge on any atom is -0.421 e. The van der Waals surface area contributed by atoms with Crippen LogP contribution in [-0.4, -0.2) is 22.5 Å². The predicted molar refractivity (Wildman–Crippen MR) is 86.9 cm³/mol. The van der Waals surface area contributed by atoms with Gasteiger partial charge in [0.25, 0.3) is 5.69 Å². The van der Waals surface area contributed by atoms with Gasteiger partial charge in [0.05, 0.1) is 10.5 Å². The average molecular weight is 337 g/mol. The Balaban J connectivity index is 1.97. The van der Waals surface area contributed by atoms with Crippen molar-refractivity contribution in [2.45, 2.75) is 6.92 Å². The van der Waals surface area contributed by atoms with E-state index in [9.17, 15) is 24.5 Å². The van der Waals surface area contributed by atoms with E-state index in [0.717, 1.165) is 0 Å². The standard InChI is InChI=1S/C18H11NO6/c1-10(20)15-16(21)13-4-2-3-5-14(13)17(15)25-18(22)11-6-8-12(9-7-11)19(23)24/h2-9H,1H3. The van der Waals surface area contributed by atoms with Gasteiger partial charge >= 0.3 is 5.97 Å². The number of esters is 1. The quantitative estimate of drug-likeness (QED) is 0.368. The Morgan fingerprint density at radius 3 is 2.16 bits per heavy atom. The third-order valence-corrected chi connectivity index (χ3v) is 3.73. The van der Waals surface area contributed by atoms with E-state index in [4.69, 9.17) is 4.74 Å². The number of nitro groups is 1. The molecule has 0 amide bonds. The van der Waals surface area contributed by atoms with E-state index < -0.39 is 22.5 Å². The van der Waals surface area contributed by atoms with E-state index in [0.29, 0.717) is 11.1 Å². The fraction of sp³-hybridized carbons (Fsp3) is 0.0556. The zero-order chi connectivity index (χ0) is 18.1. The van der Waals surface area contributed by atoms with Crippen LogP contribution < -0.4 is 0 Å². The number of Topliss-reactive ketones (excluding diaryl/α,β-unsaturated/α-hetero) is 2. The summed E-state index contributed by atoms with van der Waals surface area (Å²) in [6.45, 7) is 1.22. The monoisotopic (exact) mass is 337 g/mol. The Bertz CT molecular complexity index is 956. The number of hydrogen-bond donors (Lipinski definition) is 0. The normalized spacial score (nSPS) is 12.8. The molecule has 0 saturated heterocycles. The molecule has 0 heterocycles. The van der Waals surface area contributed by atoms with E-state index in [1.807, 2.05) is 0 Å². The minimum atomic E-state index is -0.812. The number of ether oxygens (including phenoxy) is 1. The molecule has 0 N–H and O–H groups in total. The van der Waals surface area contributed by atoms with Gasteiger partial charge in [0.1, 0.15) is 5.57 Å². The molecule has 0 saturated carbocycles. The number of carbonyl (C=O) groups is 3.